The van der Waals surface area contributed by atoms with Crippen molar-refractivity contribution < 1.29 is 9.47 Å². The van der Waals surface area contributed by atoms with Gasteiger partial charge in [0.05, 0.1) is 13.2 Å². The highest BCUT2D eigenvalue weighted by atomic mass is 35.5. The molecule has 30 heavy (non-hydrogen) atoms. The van der Waals surface area contributed by atoms with E-state index in [1.807, 2.05) is 30.3 Å². The van der Waals surface area contributed by atoms with Crippen molar-refractivity contribution in [2.24, 2.45) is 16.6 Å². The molecule has 0 spiro atoms. The Balaban J connectivity index is 1.44. The van der Waals surface area contributed by atoms with Gasteiger partial charge in [0.1, 0.15) is 0 Å². The topological polar surface area (TPSA) is 72.1 Å². The molecule has 1 saturated heterocycles. The molecule has 0 radical (unpaired) electrons. The van der Waals surface area contributed by atoms with Gasteiger partial charge in [-0.05, 0) is 62.2 Å². The Morgan fingerprint density at radius 1 is 1.17 bits per heavy atom. The molecule has 2 aromatic carbocycles. The Morgan fingerprint density at radius 3 is 2.83 bits per heavy atom. The van der Waals surface area contributed by atoms with Gasteiger partial charge >= 0.3 is 0 Å². The number of piperidine rings is 1. The number of rotatable bonds is 4. The van der Waals surface area contributed by atoms with E-state index < -0.39 is 0 Å². The first-order chi connectivity index (χ1) is 14.6. The molecule has 1 fully saturated rings. The molecule has 0 aromatic heterocycles. The van der Waals surface area contributed by atoms with Crippen LogP contribution in [0.1, 0.15) is 30.9 Å². The second kappa shape index (κ2) is 9.58. The zero-order valence-electron chi connectivity index (χ0n) is 17.3. The van der Waals surface area contributed by atoms with E-state index in [1.165, 1.54) is 5.56 Å². The van der Waals surface area contributed by atoms with Gasteiger partial charge in [-0.1, -0.05) is 23.7 Å². The molecule has 0 aliphatic carbocycles. The van der Waals surface area contributed by atoms with E-state index in [0.717, 1.165) is 48.0 Å². The summed E-state index contributed by atoms with van der Waals surface area (Å²) in [6, 6.07) is 14.2. The first-order valence-corrected chi connectivity index (χ1v) is 10.9. The largest absolute Gasteiger partial charge is 0.490 e. The SMILES string of the molecule is CN1CCCC(CN=C(N)Nc2ccc3c(c2)OCCCO3)C1c1cccc(Cl)c1. The molecule has 2 aromatic rings. The lowest BCUT2D eigenvalue weighted by Gasteiger charge is -2.39. The van der Waals surface area contributed by atoms with E-state index in [1.54, 1.807) is 0 Å². The van der Waals surface area contributed by atoms with Crippen molar-refractivity contribution in [2.75, 3.05) is 38.7 Å². The van der Waals surface area contributed by atoms with Crippen LogP contribution in [0.15, 0.2) is 47.5 Å². The Labute approximate surface area is 183 Å². The van der Waals surface area contributed by atoms with Crippen molar-refractivity contribution in [2.45, 2.75) is 25.3 Å². The summed E-state index contributed by atoms with van der Waals surface area (Å²) in [5.74, 6) is 2.29. The lowest BCUT2D eigenvalue weighted by atomic mass is 9.85. The number of guanidine groups is 1. The highest BCUT2D eigenvalue weighted by Crippen LogP contribution is 2.36. The smallest absolute Gasteiger partial charge is 0.193 e. The molecule has 3 N–H and O–H groups in total. The molecule has 0 bridgehead atoms. The first kappa shape index (κ1) is 20.8. The van der Waals surface area contributed by atoms with Gasteiger partial charge in [-0.25, -0.2) is 0 Å². The standard InChI is InChI=1S/C23H29ClN4O2/c1-28-10-3-6-17(22(28)16-5-2-7-18(24)13-16)15-26-23(25)27-19-8-9-20-21(14-19)30-12-4-11-29-20/h2,5,7-9,13-14,17,22H,3-4,6,10-12,15H2,1H3,(H3,25,26,27). The predicted octanol–water partition coefficient (Wildman–Crippen LogP) is 4.31. The Kier molecular flexibility index (Phi) is 6.65. The van der Waals surface area contributed by atoms with Gasteiger partial charge in [0.15, 0.2) is 17.5 Å². The number of hydrogen-bond donors (Lipinski definition) is 2. The van der Waals surface area contributed by atoms with Crippen LogP contribution in [0.4, 0.5) is 5.69 Å². The van der Waals surface area contributed by atoms with Gasteiger partial charge in [-0.2, -0.15) is 0 Å². The van der Waals surface area contributed by atoms with Crippen LogP contribution in [0.3, 0.4) is 0 Å². The van der Waals surface area contributed by atoms with Crippen molar-refractivity contribution in [1.82, 2.24) is 4.90 Å². The Bertz CT molecular complexity index is 905. The number of nitrogens with one attached hydrogen (secondary N) is 1. The van der Waals surface area contributed by atoms with E-state index in [0.29, 0.717) is 31.6 Å². The summed E-state index contributed by atoms with van der Waals surface area (Å²) in [4.78, 5) is 7.05. The second-order valence-corrected chi connectivity index (χ2v) is 8.38. The highest BCUT2D eigenvalue weighted by molar-refractivity contribution is 6.30. The molecule has 0 amide bonds. The van der Waals surface area contributed by atoms with Crippen LogP contribution in [0.5, 0.6) is 11.5 Å². The van der Waals surface area contributed by atoms with Crippen LogP contribution in [0, 0.1) is 5.92 Å². The summed E-state index contributed by atoms with van der Waals surface area (Å²) >= 11 is 6.24. The number of halogens is 1. The van der Waals surface area contributed by atoms with Gasteiger partial charge in [-0.3, -0.25) is 9.89 Å². The monoisotopic (exact) mass is 428 g/mol. The molecular formula is C23H29ClN4O2. The number of fused-ring (bicyclic) bond motifs is 1. The van der Waals surface area contributed by atoms with Crippen LogP contribution in [0.2, 0.25) is 5.02 Å². The summed E-state index contributed by atoms with van der Waals surface area (Å²) in [6.07, 6.45) is 3.15. The lowest BCUT2D eigenvalue weighted by Crippen LogP contribution is -2.38. The molecule has 0 saturated carbocycles. The molecule has 2 heterocycles. The number of anilines is 1. The van der Waals surface area contributed by atoms with E-state index in [4.69, 9.17) is 26.8 Å². The van der Waals surface area contributed by atoms with Crippen molar-refractivity contribution in [1.29, 1.82) is 0 Å². The number of benzene rings is 2. The van der Waals surface area contributed by atoms with E-state index in [-0.39, 0.29) is 6.04 Å². The number of ether oxygens (including phenoxy) is 2. The summed E-state index contributed by atoms with van der Waals surface area (Å²) in [5.41, 5.74) is 8.28. The van der Waals surface area contributed by atoms with Gasteiger partial charge < -0.3 is 20.5 Å². The summed E-state index contributed by atoms with van der Waals surface area (Å²) in [7, 11) is 2.17. The summed E-state index contributed by atoms with van der Waals surface area (Å²) in [5, 5.41) is 3.95. The highest BCUT2D eigenvalue weighted by Gasteiger charge is 2.30. The maximum Gasteiger partial charge on any atom is 0.193 e. The average Bonchev–Trinajstić information content (AvgIpc) is 2.97. The zero-order chi connectivity index (χ0) is 20.9. The van der Waals surface area contributed by atoms with E-state index >= 15 is 0 Å². The number of aliphatic imine (C=N–C) groups is 1. The molecule has 2 atom stereocenters. The second-order valence-electron chi connectivity index (χ2n) is 7.95. The molecule has 2 aliphatic heterocycles. The van der Waals surface area contributed by atoms with Crippen LogP contribution >= 0.6 is 11.6 Å². The Hall–Kier alpha value is -2.44. The molecule has 2 aliphatic rings. The molecule has 2 unspecified atom stereocenters. The van der Waals surface area contributed by atoms with Crippen LogP contribution in [0.25, 0.3) is 0 Å². The maximum absolute atomic E-state index is 6.24. The van der Waals surface area contributed by atoms with Crippen molar-refractivity contribution >= 4 is 23.2 Å². The number of likely N-dealkylation sites (tertiary alicyclic amines) is 1. The number of hydrogen-bond acceptors (Lipinski definition) is 4. The quantitative estimate of drug-likeness (QED) is 0.560. The van der Waals surface area contributed by atoms with Gasteiger partial charge in [0, 0.05) is 35.8 Å². The minimum Gasteiger partial charge on any atom is -0.490 e. The fraction of sp³-hybridized carbons (Fsp3) is 0.435. The first-order valence-electron chi connectivity index (χ1n) is 10.5. The molecule has 160 valence electrons. The van der Waals surface area contributed by atoms with Crippen LogP contribution < -0.4 is 20.5 Å². The molecule has 7 heteroatoms. The normalized spacial score (nSPS) is 22.4. The van der Waals surface area contributed by atoms with Crippen molar-refractivity contribution in [3.05, 3.63) is 53.1 Å². The average molecular weight is 429 g/mol. The molecule has 6 nitrogen and oxygen atoms in total. The van der Waals surface area contributed by atoms with Crippen molar-refractivity contribution in [3.8, 4) is 11.5 Å². The Morgan fingerprint density at radius 2 is 2.00 bits per heavy atom. The fourth-order valence-electron chi connectivity index (χ4n) is 4.31. The molecular weight excluding hydrogens is 400 g/mol. The minimum atomic E-state index is 0.284. The molecule has 4 rings (SSSR count). The van der Waals surface area contributed by atoms with Crippen LogP contribution in [-0.4, -0.2) is 44.2 Å². The van der Waals surface area contributed by atoms with Crippen molar-refractivity contribution in [3.63, 3.8) is 0 Å². The summed E-state index contributed by atoms with van der Waals surface area (Å²) < 4.78 is 11.4. The van der Waals surface area contributed by atoms with E-state index in [9.17, 15) is 0 Å². The van der Waals surface area contributed by atoms with Gasteiger partial charge in [0.2, 0.25) is 0 Å². The lowest BCUT2D eigenvalue weighted by molar-refractivity contribution is 0.125. The number of nitrogens with zero attached hydrogens (tertiary/aromatic N) is 2. The number of nitrogens with two attached hydrogens (primary N) is 1. The third-order valence-electron chi connectivity index (χ3n) is 5.71. The fourth-order valence-corrected chi connectivity index (χ4v) is 4.51. The zero-order valence-corrected chi connectivity index (χ0v) is 18.1. The van der Waals surface area contributed by atoms with E-state index in [2.05, 4.69) is 34.4 Å². The predicted molar refractivity (Wildman–Crippen MR) is 122 cm³/mol. The van der Waals surface area contributed by atoms with Gasteiger partial charge in [-0.15, -0.1) is 0 Å². The maximum atomic E-state index is 6.24. The van der Waals surface area contributed by atoms with Crippen LogP contribution in [-0.2, 0) is 0 Å². The third kappa shape index (κ3) is 4.99. The summed E-state index contributed by atoms with van der Waals surface area (Å²) in [6.45, 7) is 3.06. The van der Waals surface area contributed by atoms with Gasteiger partial charge in [0.25, 0.3) is 0 Å². The minimum absolute atomic E-state index is 0.284. The third-order valence-corrected chi connectivity index (χ3v) is 5.95.